The summed E-state index contributed by atoms with van der Waals surface area (Å²) in [5.74, 6) is 1.47. The monoisotopic (exact) mass is 313 g/mol. The highest BCUT2D eigenvalue weighted by atomic mass is 79.9. The molecule has 0 unspecified atom stereocenters. The number of hydrogen-bond donors (Lipinski definition) is 1. The molecular formula is C15H21BrFN. The first-order valence-electron chi connectivity index (χ1n) is 6.78. The van der Waals surface area contributed by atoms with Gasteiger partial charge in [-0.1, -0.05) is 13.8 Å². The number of rotatable bonds is 3. The first-order valence-corrected chi connectivity index (χ1v) is 7.57. The zero-order chi connectivity index (χ0) is 13.1. The van der Waals surface area contributed by atoms with Gasteiger partial charge < -0.3 is 5.32 Å². The Morgan fingerprint density at radius 3 is 2.44 bits per heavy atom. The normalized spacial score (nSPS) is 24.3. The predicted octanol–water partition coefficient (Wildman–Crippen LogP) is 5.21. The third kappa shape index (κ3) is 3.47. The Bertz CT molecular complexity index is 397. The second-order valence-electron chi connectivity index (χ2n) is 5.63. The number of nitrogens with one attached hydrogen (secondary N) is 1. The number of anilines is 1. The maximum absolute atomic E-state index is 13.1. The van der Waals surface area contributed by atoms with Gasteiger partial charge in [0.05, 0.1) is 4.47 Å². The van der Waals surface area contributed by atoms with Crippen molar-refractivity contribution in [2.75, 3.05) is 5.32 Å². The van der Waals surface area contributed by atoms with Gasteiger partial charge >= 0.3 is 0 Å². The third-order valence-corrected chi connectivity index (χ3v) is 4.61. The minimum atomic E-state index is -0.205. The lowest BCUT2D eigenvalue weighted by molar-refractivity contribution is 0.267. The number of hydrogen-bond acceptors (Lipinski definition) is 1. The summed E-state index contributed by atoms with van der Waals surface area (Å²) < 4.78 is 13.7. The molecule has 0 aromatic heterocycles. The van der Waals surface area contributed by atoms with Gasteiger partial charge in [-0.15, -0.1) is 0 Å². The summed E-state index contributed by atoms with van der Waals surface area (Å²) in [6.45, 7) is 4.63. The van der Waals surface area contributed by atoms with E-state index in [1.807, 2.05) is 12.1 Å². The molecule has 1 aromatic carbocycles. The Morgan fingerprint density at radius 2 is 1.89 bits per heavy atom. The van der Waals surface area contributed by atoms with E-state index in [4.69, 9.17) is 0 Å². The van der Waals surface area contributed by atoms with Crippen LogP contribution in [0.4, 0.5) is 10.1 Å². The van der Waals surface area contributed by atoms with E-state index >= 15 is 0 Å². The van der Waals surface area contributed by atoms with Gasteiger partial charge in [-0.25, -0.2) is 4.39 Å². The van der Waals surface area contributed by atoms with E-state index in [1.165, 1.54) is 31.7 Å². The van der Waals surface area contributed by atoms with Crippen molar-refractivity contribution < 1.29 is 4.39 Å². The van der Waals surface area contributed by atoms with E-state index in [1.54, 1.807) is 0 Å². The van der Waals surface area contributed by atoms with Gasteiger partial charge in [0.1, 0.15) is 5.82 Å². The highest BCUT2D eigenvalue weighted by Gasteiger charge is 2.23. The summed E-state index contributed by atoms with van der Waals surface area (Å²) in [5, 5.41) is 3.51. The molecule has 1 fully saturated rings. The quantitative estimate of drug-likeness (QED) is 0.807. The molecule has 0 heterocycles. The van der Waals surface area contributed by atoms with Crippen molar-refractivity contribution in [3.05, 3.63) is 28.5 Å². The molecule has 0 spiro atoms. The Morgan fingerprint density at radius 1 is 1.22 bits per heavy atom. The summed E-state index contributed by atoms with van der Waals surface area (Å²) in [6.07, 6.45) is 5.05. The molecule has 1 aliphatic rings. The fraction of sp³-hybridized carbons (Fsp3) is 0.600. The smallest absolute Gasteiger partial charge is 0.137 e. The highest BCUT2D eigenvalue weighted by molar-refractivity contribution is 9.10. The van der Waals surface area contributed by atoms with Crippen LogP contribution in [0.1, 0.15) is 39.5 Å². The van der Waals surface area contributed by atoms with Crippen LogP contribution in [0.3, 0.4) is 0 Å². The minimum Gasteiger partial charge on any atom is -0.382 e. The zero-order valence-electron chi connectivity index (χ0n) is 11.0. The third-order valence-electron chi connectivity index (χ3n) is 4.01. The van der Waals surface area contributed by atoms with Gasteiger partial charge in [0.2, 0.25) is 0 Å². The first kappa shape index (κ1) is 13.9. The van der Waals surface area contributed by atoms with Crippen LogP contribution in [0, 0.1) is 17.7 Å². The fourth-order valence-electron chi connectivity index (χ4n) is 2.75. The lowest BCUT2D eigenvalue weighted by atomic mass is 9.79. The Labute approximate surface area is 117 Å². The van der Waals surface area contributed by atoms with Gasteiger partial charge in [0, 0.05) is 11.7 Å². The molecule has 1 saturated carbocycles. The molecular weight excluding hydrogens is 293 g/mol. The average molecular weight is 314 g/mol. The standard InChI is InChI=1S/C15H21BrFN/c1-10(2)11-3-5-12(6-4-11)18-13-7-8-15(17)14(16)9-13/h7-12,18H,3-6H2,1-2H3. The Kier molecular flexibility index (Phi) is 4.66. The Hall–Kier alpha value is -0.570. The van der Waals surface area contributed by atoms with Crippen LogP contribution in [-0.4, -0.2) is 6.04 Å². The fourth-order valence-corrected chi connectivity index (χ4v) is 3.13. The zero-order valence-corrected chi connectivity index (χ0v) is 12.6. The number of benzene rings is 1. The van der Waals surface area contributed by atoms with Gasteiger partial charge in [0.15, 0.2) is 0 Å². The molecule has 0 amide bonds. The van der Waals surface area contributed by atoms with E-state index in [-0.39, 0.29) is 5.82 Å². The molecule has 0 atom stereocenters. The summed E-state index contributed by atoms with van der Waals surface area (Å²) in [6, 6.07) is 5.68. The van der Waals surface area contributed by atoms with Crippen molar-refractivity contribution in [2.24, 2.45) is 11.8 Å². The van der Waals surface area contributed by atoms with Gasteiger partial charge in [-0.05, 0) is 71.6 Å². The van der Waals surface area contributed by atoms with Gasteiger partial charge in [0.25, 0.3) is 0 Å². The molecule has 1 aromatic rings. The van der Waals surface area contributed by atoms with Crippen molar-refractivity contribution in [1.82, 2.24) is 0 Å². The first-order chi connectivity index (χ1) is 8.56. The van der Waals surface area contributed by atoms with Crippen molar-refractivity contribution in [3.63, 3.8) is 0 Å². The highest BCUT2D eigenvalue weighted by Crippen LogP contribution is 2.31. The number of halogens is 2. The maximum atomic E-state index is 13.1. The average Bonchev–Trinajstić information content (AvgIpc) is 2.34. The van der Waals surface area contributed by atoms with Crippen LogP contribution in [0.25, 0.3) is 0 Å². The van der Waals surface area contributed by atoms with Crippen molar-refractivity contribution in [2.45, 2.75) is 45.6 Å². The van der Waals surface area contributed by atoms with Crippen LogP contribution in [0.5, 0.6) is 0 Å². The van der Waals surface area contributed by atoms with Crippen LogP contribution < -0.4 is 5.32 Å². The van der Waals surface area contributed by atoms with Crippen molar-refractivity contribution >= 4 is 21.6 Å². The van der Waals surface area contributed by atoms with E-state index in [0.29, 0.717) is 10.5 Å². The topological polar surface area (TPSA) is 12.0 Å². The molecule has 1 nitrogen and oxygen atoms in total. The summed E-state index contributed by atoms with van der Waals surface area (Å²) in [5.41, 5.74) is 1.01. The van der Waals surface area contributed by atoms with Gasteiger partial charge in [-0.2, -0.15) is 0 Å². The van der Waals surface area contributed by atoms with E-state index in [9.17, 15) is 4.39 Å². The van der Waals surface area contributed by atoms with Crippen LogP contribution in [-0.2, 0) is 0 Å². The second-order valence-corrected chi connectivity index (χ2v) is 6.48. The Balaban J connectivity index is 1.89. The minimum absolute atomic E-state index is 0.205. The lowest BCUT2D eigenvalue weighted by Gasteiger charge is -2.31. The van der Waals surface area contributed by atoms with E-state index < -0.39 is 0 Å². The second kappa shape index (κ2) is 6.05. The molecule has 1 aliphatic carbocycles. The SMILES string of the molecule is CC(C)C1CCC(Nc2ccc(F)c(Br)c2)CC1. The summed E-state index contributed by atoms with van der Waals surface area (Å²) in [7, 11) is 0. The van der Waals surface area contributed by atoms with Crippen molar-refractivity contribution in [1.29, 1.82) is 0 Å². The molecule has 3 heteroatoms. The van der Waals surface area contributed by atoms with Crippen molar-refractivity contribution in [3.8, 4) is 0 Å². The largest absolute Gasteiger partial charge is 0.382 e. The van der Waals surface area contributed by atoms with Crippen LogP contribution in [0.15, 0.2) is 22.7 Å². The predicted molar refractivity (Wildman–Crippen MR) is 78.3 cm³/mol. The van der Waals surface area contributed by atoms with E-state index in [2.05, 4.69) is 35.1 Å². The maximum Gasteiger partial charge on any atom is 0.137 e. The molecule has 0 saturated heterocycles. The molecule has 18 heavy (non-hydrogen) atoms. The molecule has 1 N–H and O–H groups in total. The van der Waals surface area contributed by atoms with Crippen LogP contribution in [0.2, 0.25) is 0 Å². The molecule has 2 rings (SSSR count). The van der Waals surface area contributed by atoms with Gasteiger partial charge in [-0.3, -0.25) is 0 Å². The van der Waals surface area contributed by atoms with E-state index in [0.717, 1.165) is 17.5 Å². The summed E-state index contributed by atoms with van der Waals surface area (Å²) >= 11 is 3.22. The summed E-state index contributed by atoms with van der Waals surface area (Å²) in [4.78, 5) is 0. The molecule has 0 aliphatic heterocycles. The van der Waals surface area contributed by atoms with Crippen LogP contribution >= 0.6 is 15.9 Å². The molecule has 0 radical (unpaired) electrons. The lowest BCUT2D eigenvalue weighted by Crippen LogP contribution is -2.27. The molecule has 0 bridgehead atoms. The molecule has 100 valence electrons.